The van der Waals surface area contributed by atoms with Crippen LogP contribution in [-0.4, -0.2) is 37.1 Å². The van der Waals surface area contributed by atoms with Crippen LogP contribution in [0.15, 0.2) is 0 Å². The number of ether oxygens (including phenoxy) is 1. The minimum Gasteiger partial charge on any atom is -0.372 e. The van der Waals surface area contributed by atoms with E-state index < -0.39 is 0 Å². The average Bonchev–Trinajstić information content (AvgIpc) is 2.22. The molecule has 2 unspecified atom stereocenters. The van der Waals surface area contributed by atoms with Gasteiger partial charge in [0.25, 0.3) is 0 Å². The normalized spacial score (nSPS) is 26.7. The molecule has 0 bridgehead atoms. The lowest BCUT2D eigenvalue weighted by Gasteiger charge is -2.35. The summed E-state index contributed by atoms with van der Waals surface area (Å²) in [7, 11) is 0. The summed E-state index contributed by atoms with van der Waals surface area (Å²) in [5.41, 5.74) is 0. The molecule has 1 amide bonds. The van der Waals surface area contributed by atoms with Crippen LogP contribution in [0.2, 0.25) is 0 Å². The molecule has 0 aliphatic carbocycles. The quantitative estimate of drug-likeness (QED) is 0.668. The largest absolute Gasteiger partial charge is 0.372 e. The summed E-state index contributed by atoms with van der Waals surface area (Å²) in [6.07, 6.45) is 2.10. The topological polar surface area (TPSA) is 29.5 Å². The first kappa shape index (κ1) is 12.5. The molecular weight excluding hydrogens is 190 g/mol. The highest BCUT2D eigenvalue weighted by Crippen LogP contribution is 2.22. The van der Waals surface area contributed by atoms with Crippen molar-refractivity contribution in [3.05, 3.63) is 0 Å². The Morgan fingerprint density at radius 1 is 1.40 bits per heavy atom. The molecule has 1 heterocycles. The third-order valence-corrected chi connectivity index (χ3v) is 3.26. The number of hydrogen-bond acceptors (Lipinski definition) is 2. The number of rotatable bonds is 4. The second-order valence-corrected chi connectivity index (χ2v) is 4.64. The van der Waals surface area contributed by atoms with E-state index >= 15 is 0 Å². The van der Waals surface area contributed by atoms with E-state index in [1.54, 1.807) is 0 Å². The number of piperidine rings is 1. The van der Waals surface area contributed by atoms with Crippen molar-refractivity contribution < 1.29 is 9.53 Å². The number of amides is 1. The molecular formula is C12H23NO2. The van der Waals surface area contributed by atoms with Crippen LogP contribution >= 0.6 is 0 Å². The van der Waals surface area contributed by atoms with E-state index in [0.717, 1.165) is 31.8 Å². The zero-order chi connectivity index (χ0) is 11.3. The van der Waals surface area contributed by atoms with Crippen LogP contribution < -0.4 is 0 Å². The van der Waals surface area contributed by atoms with Crippen LogP contribution in [0.1, 0.15) is 33.6 Å². The van der Waals surface area contributed by atoms with Crippen molar-refractivity contribution in [2.45, 2.75) is 33.6 Å². The first-order valence-electron chi connectivity index (χ1n) is 6.00. The fourth-order valence-electron chi connectivity index (χ4n) is 1.88. The minimum absolute atomic E-state index is 0.155. The fourth-order valence-corrected chi connectivity index (χ4v) is 1.88. The molecule has 3 heteroatoms. The Morgan fingerprint density at radius 2 is 2.13 bits per heavy atom. The zero-order valence-electron chi connectivity index (χ0n) is 10.2. The summed E-state index contributed by atoms with van der Waals surface area (Å²) in [5, 5.41) is 0. The molecule has 1 rings (SSSR count). The number of nitrogens with zero attached hydrogens (tertiary/aromatic N) is 1. The van der Waals surface area contributed by atoms with E-state index in [9.17, 15) is 4.79 Å². The summed E-state index contributed by atoms with van der Waals surface area (Å²) >= 11 is 0. The maximum atomic E-state index is 11.7. The van der Waals surface area contributed by atoms with Gasteiger partial charge >= 0.3 is 0 Å². The fraction of sp³-hybridized carbons (Fsp3) is 0.917. The molecule has 0 radical (unpaired) electrons. The van der Waals surface area contributed by atoms with Gasteiger partial charge in [-0.1, -0.05) is 20.8 Å². The van der Waals surface area contributed by atoms with Crippen molar-refractivity contribution in [2.75, 3.05) is 26.3 Å². The second kappa shape index (κ2) is 6.11. The first-order valence-corrected chi connectivity index (χ1v) is 6.00. The highest BCUT2D eigenvalue weighted by Gasteiger charge is 2.25. The predicted octanol–water partition coefficient (Wildman–Crippen LogP) is 1.92. The van der Waals surface area contributed by atoms with E-state index in [4.69, 9.17) is 4.74 Å². The van der Waals surface area contributed by atoms with Gasteiger partial charge in [-0.15, -0.1) is 0 Å². The van der Waals surface area contributed by atoms with Crippen LogP contribution in [0.3, 0.4) is 0 Å². The SMILES string of the molecule is CCCOCC(=O)N1CCC(C)C(C)C1. The van der Waals surface area contributed by atoms with Crippen LogP contribution in [-0.2, 0) is 9.53 Å². The van der Waals surface area contributed by atoms with Gasteiger partial charge in [0.2, 0.25) is 5.91 Å². The lowest BCUT2D eigenvalue weighted by atomic mass is 9.89. The van der Waals surface area contributed by atoms with Crippen molar-refractivity contribution >= 4 is 5.91 Å². The minimum atomic E-state index is 0.155. The van der Waals surface area contributed by atoms with E-state index in [1.165, 1.54) is 0 Å². The second-order valence-electron chi connectivity index (χ2n) is 4.64. The standard InChI is InChI=1S/C12H23NO2/c1-4-7-15-9-12(14)13-6-5-10(2)11(3)8-13/h10-11H,4-9H2,1-3H3. The van der Waals surface area contributed by atoms with Crippen molar-refractivity contribution in [3.8, 4) is 0 Å². The molecule has 0 aromatic heterocycles. The smallest absolute Gasteiger partial charge is 0.248 e. The van der Waals surface area contributed by atoms with Gasteiger partial charge in [0.15, 0.2) is 0 Å². The number of likely N-dealkylation sites (tertiary alicyclic amines) is 1. The van der Waals surface area contributed by atoms with Gasteiger partial charge in [0.1, 0.15) is 6.61 Å². The molecule has 2 atom stereocenters. The average molecular weight is 213 g/mol. The van der Waals surface area contributed by atoms with Gasteiger partial charge in [0, 0.05) is 19.7 Å². The van der Waals surface area contributed by atoms with Crippen LogP contribution in [0.4, 0.5) is 0 Å². The van der Waals surface area contributed by atoms with Crippen molar-refractivity contribution in [3.63, 3.8) is 0 Å². The molecule has 0 aromatic rings. The Kier molecular flexibility index (Phi) is 5.09. The third kappa shape index (κ3) is 3.82. The van der Waals surface area contributed by atoms with Gasteiger partial charge in [-0.25, -0.2) is 0 Å². The number of hydrogen-bond donors (Lipinski definition) is 0. The lowest BCUT2D eigenvalue weighted by Crippen LogP contribution is -2.43. The molecule has 0 saturated carbocycles. The van der Waals surface area contributed by atoms with Crippen molar-refractivity contribution in [2.24, 2.45) is 11.8 Å². The highest BCUT2D eigenvalue weighted by molar-refractivity contribution is 5.77. The summed E-state index contributed by atoms with van der Waals surface area (Å²) in [5.74, 6) is 1.52. The first-order chi connectivity index (χ1) is 7.15. The Hall–Kier alpha value is -0.570. The summed E-state index contributed by atoms with van der Waals surface area (Å²) in [6.45, 7) is 9.28. The molecule has 88 valence electrons. The van der Waals surface area contributed by atoms with Gasteiger partial charge in [-0.3, -0.25) is 4.79 Å². The highest BCUT2D eigenvalue weighted by atomic mass is 16.5. The molecule has 1 aliphatic heterocycles. The lowest BCUT2D eigenvalue weighted by molar-refractivity contribution is -0.138. The van der Waals surface area contributed by atoms with E-state index in [2.05, 4.69) is 20.8 Å². The molecule has 0 spiro atoms. The van der Waals surface area contributed by atoms with Gasteiger partial charge < -0.3 is 9.64 Å². The van der Waals surface area contributed by atoms with Gasteiger partial charge in [0.05, 0.1) is 0 Å². The molecule has 1 aliphatic rings. The Balaban J connectivity index is 2.28. The summed E-state index contributed by atoms with van der Waals surface area (Å²) in [6, 6.07) is 0. The molecule has 0 aromatic carbocycles. The van der Waals surface area contributed by atoms with Crippen LogP contribution in [0.25, 0.3) is 0 Å². The number of carbonyl (C=O) groups excluding carboxylic acids is 1. The van der Waals surface area contributed by atoms with Crippen LogP contribution in [0, 0.1) is 11.8 Å². The maximum Gasteiger partial charge on any atom is 0.248 e. The third-order valence-electron chi connectivity index (χ3n) is 3.26. The molecule has 15 heavy (non-hydrogen) atoms. The Morgan fingerprint density at radius 3 is 2.73 bits per heavy atom. The summed E-state index contributed by atoms with van der Waals surface area (Å²) < 4.78 is 5.27. The number of carbonyl (C=O) groups is 1. The van der Waals surface area contributed by atoms with E-state index in [-0.39, 0.29) is 12.5 Å². The Labute approximate surface area is 92.8 Å². The van der Waals surface area contributed by atoms with E-state index in [0.29, 0.717) is 12.5 Å². The molecule has 3 nitrogen and oxygen atoms in total. The zero-order valence-corrected chi connectivity index (χ0v) is 10.2. The van der Waals surface area contributed by atoms with Gasteiger partial charge in [-0.05, 0) is 24.7 Å². The monoisotopic (exact) mass is 213 g/mol. The van der Waals surface area contributed by atoms with Crippen molar-refractivity contribution in [1.29, 1.82) is 0 Å². The van der Waals surface area contributed by atoms with Crippen molar-refractivity contribution in [1.82, 2.24) is 4.90 Å². The summed E-state index contributed by atoms with van der Waals surface area (Å²) in [4.78, 5) is 13.7. The molecule has 1 saturated heterocycles. The van der Waals surface area contributed by atoms with E-state index in [1.807, 2.05) is 4.90 Å². The predicted molar refractivity (Wildman–Crippen MR) is 60.6 cm³/mol. The van der Waals surface area contributed by atoms with Gasteiger partial charge in [-0.2, -0.15) is 0 Å². The molecule has 1 fully saturated rings. The van der Waals surface area contributed by atoms with Crippen LogP contribution in [0.5, 0.6) is 0 Å². The molecule has 0 N–H and O–H groups in total. The maximum absolute atomic E-state index is 11.7. The Bertz CT molecular complexity index is 206.